The molecule has 86 valence electrons. The number of rotatable bonds is 2. The van der Waals surface area contributed by atoms with Crippen LogP contribution in [0, 0.1) is 5.82 Å². The number of amides is 1. The summed E-state index contributed by atoms with van der Waals surface area (Å²) < 4.78 is 13.4. The van der Waals surface area contributed by atoms with Crippen LogP contribution in [0.5, 0.6) is 0 Å². The Morgan fingerprint density at radius 2 is 2.38 bits per heavy atom. The third-order valence-corrected chi connectivity index (χ3v) is 2.80. The molecule has 0 aliphatic carbocycles. The minimum atomic E-state index is -0.548. The average Bonchev–Trinajstić information content (AvgIpc) is 2.74. The second-order valence-corrected chi connectivity index (χ2v) is 4.22. The number of hydrogen-bond acceptors (Lipinski definition) is 2. The van der Waals surface area contributed by atoms with E-state index < -0.39 is 11.7 Å². The van der Waals surface area contributed by atoms with Gasteiger partial charge in [-0.15, -0.1) is 0 Å². The fourth-order valence-electron chi connectivity index (χ4n) is 1.71. The summed E-state index contributed by atoms with van der Waals surface area (Å²) in [7, 11) is 0. The van der Waals surface area contributed by atoms with Crippen LogP contribution < -0.4 is 10.6 Å². The summed E-state index contributed by atoms with van der Waals surface area (Å²) in [4.78, 5) is 11.7. The van der Waals surface area contributed by atoms with E-state index in [0.717, 1.165) is 19.5 Å². The van der Waals surface area contributed by atoms with E-state index in [0.29, 0.717) is 5.02 Å². The van der Waals surface area contributed by atoms with E-state index in [1.165, 1.54) is 18.2 Å². The van der Waals surface area contributed by atoms with Crippen molar-refractivity contribution in [1.82, 2.24) is 10.6 Å². The monoisotopic (exact) mass is 242 g/mol. The van der Waals surface area contributed by atoms with E-state index in [2.05, 4.69) is 10.6 Å². The van der Waals surface area contributed by atoms with Gasteiger partial charge in [-0.25, -0.2) is 4.39 Å². The lowest BCUT2D eigenvalue weighted by molar-refractivity contribution is 0.0936. The van der Waals surface area contributed by atoms with Crippen molar-refractivity contribution >= 4 is 17.5 Å². The van der Waals surface area contributed by atoms with E-state index in [1.807, 2.05) is 0 Å². The number of halogens is 2. The molecule has 2 rings (SSSR count). The molecule has 2 N–H and O–H groups in total. The van der Waals surface area contributed by atoms with Gasteiger partial charge >= 0.3 is 0 Å². The topological polar surface area (TPSA) is 41.1 Å². The normalized spacial score (nSPS) is 19.8. The molecule has 1 aromatic carbocycles. The lowest BCUT2D eigenvalue weighted by atomic mass is 10.1. The fraction of sp³-hybridized carbons (Fsp3) is 0.364. The standard InChI is InChI=1S/C11H12ClFN2O/c12-7-1-2-10(13)9(5-7)11(16)15-8-3-4-14-6-8/h1-2,5,8,14H,3-4,6H2,(H,15,16)/t8-/m0/s1. The Labute approximate surface area is 98.0 Å². The van der Waals surface area contributed by atoms with E-state index in [4.69, 9.17) is 11.6 Å². The van der Waals surface area contributed by atoms with E-state index in [1.54, 1.807) is 0 Å². The van der Waals surface area contributed by atoms with Gasteiger partial charge < -0.3 is 10.6 Å². The first-order valence-electron chi connectivity index (χ1n) is 5.13. The van der Waals surface area contributed by atoms with Crippen LogP contribution in [-0.4, -0.2) is 25.0 Å². The first kappa shape index (κ1) is 11.4. The van der Waals surface area contributed by atoms with Gasteiger partial charge in [0.15, 0.2) is 0 Å². The summed E-state index contributed by atoms with van der Waals surface area (Å²) in [6.45, 7) is 1.61. The van der Waals surface area contributed by atoms with Gasteiger partial charge in [0, 0.05) is 17.6 Å². The Morgan fingerprint density at radius 3 is 3.06 bits per heavy atom. The van der Waals surface area contributed by atoms with Gasteiger partial charge in [0.05, 0.1) is 5.56 Å². The molecule has 0 saturated carbocycles. The zero-order valence-electron chi connectivity index (χ0n) is 8.59. The molecule has 0 aromatic heterocycles. The molecule has 0 spiro atoms. The number of carbonyl (C=O) groups excluding carboxylic acids is 1. The van der Waals surface area contributed by atoms with Crippen LogP contribution in [0.1, 0.15) is 16.8 Å². The fourth-order valence-corrected chi connectivity index (χ4v) is 1.88. The Bertz CT molecular complexity index is 405. The summed E-state index contributed by atoms with van der Waals surface area (Å²) >= 11 is 5.72. The van der Waals surface area contributed by atoms with Crippen LogP contribution in [-0.2, 0) is 0 Å². The van der Waals surface area contributed by atoms with Gasteiger partial charge in [0.1, 0.15) is 5.82 Å². The highest BCUT2D eigenvalue weighted by molar-refractivity contribution is 6.31. The average molecular weight is 243 g/mol. The molecule has 0 bridgehead atoms. The molecule has 3 nitrogen and oxygen atoms in total. The molecule has 1 aliphatic rings. The van der Waals surface area contributed by atoms with Gasteiger partial charge in [-0.3, -0.25) is 4.79 Å². The molecule has 16 heavy (non-hydrogen) atoms. The van der Waals surface area contributed by atoms with Crippen molar-refractivity contribution in [3.05, 3.63) is 34.6 Å². The maximum atomic E-state index is 13.4. The second-order valence-electron chi connectivity index (χ2n) is 3.79. The van der Waals surface area contributed by atoms with E-state index >= 15 is 0 Å². The van der Waals surface area contributed by atoms with Crippen molar-refractivity contribution < 1.29 is 9.18 Å². The number of benzene rings is 1. The van der Waals surface area contributed by atoms with Crippen LogP contribution in [0.4, 0.5) is 4.39 Å². The van der Waals surface area contributed by atoms with Crippen LogP contribution in [0.15, 0.2) is 18.2 Å². The molecule has 1 heterocycles. The van der Waals surface area contributed by atoms with Crippen molar-refractivity contribution in [1.29, 1.82) is 0 Å². The molecule has 1 amide bonds. The van der Waals surface area contributed by atoms with Crippen molar-refractivity contribution in [2.24, 2.45) is 0 Å². The molecule has 1 saturated heterocycles. The summed E-state index contributed by atoms with van der Waals surface area (Å²) in [6, 6.07) is 4.04. The number of hydrogen-bond donors (Lipinski definition) is 2. The van der Waals surface area contributed by atoms with Gasteiger partial charge in [0.2, 0.25) is 0 Å². The molecule has 1 aromatic rings. The third kappa shape index (κ3) is 2.51. The summed E-state index contributed by atoms with van der Waals surface area (Å²) in [5.74, 6) is -0.957. The highest BCUT2D eigenvalue weighted by Gasteiger charge is 2.19. The molecule has 0 unspecified atom stereocenters. The van der Waals surface area contributed by atoms with Gasteiger partial charge in [0.25, 0.3) is 5.91 Å². The van der Waals surface area contributed by atoms with E-state index in [-0.39, 0.29) is 11.6 Å². The Hall–Kier alpha value is -1.13. The molecular formula is C11H12ClFN2O. The Morgan fingerprint density at radius 1 is 1.56 bits per heavy atom. The quantitative estimate of drug-likeness (QED) is 0.827. The minimum Gasteiger partial charge on any atom is -0.348 e. The van der Waals surface area contributed by atoms with Crippen LogP contribution >= 0.6 is 11.6 Å². The van der Waals surface area contributed by atoms with Gasteiger partial charge in [-0.2, -0.15) is 0 Å². The SMILES string of the molecule is O=C(N[C@H]1CCNC1)c1cc(Cl)ccc1F. The first-order valence-corrected chi connectivity index (χ1v) is 5.51. The zero-order chi connectivity index (χ0) is 11.5. The summed E-state index contributed by atoms with van der Waals surface area (Å²) in [5.41, 5.74) is -0.000556. The maximum Gasteiger partial charge on any atom is 0.254 e. The molecule has 5 heteroatoms. The summed E-state index contributed by atoms with van der Waals surface area (Å²) in [6.07, 6.45) is 0.869. The predicted octanol–water partition coefficient (Wildman–Crippen LogP) is 1.57. The molecule has 1 atom stereocenters. The smallest absolute Gasteiger partial charge is 0.254 e. The van der Waals surface area contributed by atoms with Crippen molar-refractivity contribution in [2.45, 2.75) is 12.5 Å². The zero-order valence-corrected chi connectivity index (χ0v) is 9.35. The maximum absolute atomic E-state index is 13.4. The van der Waals surface area contributed by atoms with Crippen LogP contribution in [0.3, 0.4) is 0 Å². The summed E-state index contributed by atoms with van der Waals surface area (Å²) in [5, 5.41) is 6.24. The minimum absolute atomic E-state index is 0.000556. The highest BCUT2D eigenvalue weighted by Crippen LogP contribution is 2.15. The van der Waals surface area contributed by atoms with Gasteiger partial charge in [-0.05, 0) is 31.2 Å². The second kappa shape index (κ2) is 4.80. The third-order valence-electron chi connectivity index (χ3n) is 2.57. The van der Waals surface area contributed by atoms with Crippen molar-refractivity contribution in [3.63, 3.8) is 0 Å². The highest BCUT2D eigenvalue weighted by atomic mass is 35.5. The number of nitrogens with one attached hydrogen (secondary N) is 2. The van der Waals surface area contributed by atoms with Crippen LogP contribution in [0.25, 0.3) is 0 Å². The molecular weight excluding hydrogens is 231 g/mol. The lowest BCUT2D eigenvalue weighted by Crippen LogP contribution is -2.36. The van der Waals surface area contributed by atoms with E-state index in [9.17, 15) is 9.18 Å². The van der Waals surface area contributed by atoms with Crippen molar-refractivity contribution in [2.75, 3.05) is 13.1 Å². The Kier molecular flexibility index (Phi) is 3.41. The lowest BCUT2D eigenvalue weighted by Gasteiger charge is -2.11. The number of carbonyl (C=O) groups is 1. The predicted molar refractivity (Wildman–Crippen MR) is 60.2 cm³/mol. The molecule has 1 fully saturated rings. The largest absolute Gasteiger partial charge is 0.348 e. The van der Waals surface area contributed by atoms with Gasteiger partial charge in [-0.1, -0.05) is 11.6 Å². The van der Waals surface area contributed by atoms with Crippen molar-refractivity contribution in [3.8, 4) is 0 Å². The van der Waals surface area contributed by atoms with Crippen LogP contribution in [0.2, 0.25) is 5.02 Å². The molecule has 1 aliphatic heterocycles. The Balaban J connectivity index is 2.10. The first-order chi connectivity index (χ1) is 7.66. The molecule has 0 radical (unpaired) electrons.